The average Bonchev–Trinajstić information content (AvgIpc) is 3.18. The molecule has 1 aliphatic rings. The number of benzene rings is 2. The number of aryl methyl sites for hydroxylation is 2. The van der Waals surface area contributed by atoms with E-state index in [4.69, 9.17) is 9.47 Å². The molecule has 1 fully saturated rings. The van der Waals surface area contributed by atoms with E-state index in [1.807, 2.05) is 32.0 Å². The number of anilines is 1. The van der Waals surface area contributed by atoms with Crippen molar-refractivity contribution in [3.63, 3.8) is 0 Å². The van der Waals surface area contributed by atoms with Gasteiger partial charge in [-0.25, -0.2) is 0 Å². The van der Waals surface area contributed by atoms with Gasteiger partial charge in [0.1, 0.15) is 5.75 Å². The van der Waals surface area contributed by atoms with E-state index >= 15 is 0 Å². The zero-order valence-corrected chi connectivity index (χ0v) is 16.3. The van der Waals surface area contributed by atoms with Gasteiger partial charge in [0.05, 0.1) is 6.10 Å². The van der Waals surface area contributed by atoms with Crippen LogP contribution in [0.5, 0.6) is 5.75 Å². The first-order valence-electron chi connectivity index (χ1n) is 9.50. The molecular formula is C22H26N2O4. The highest BCUT2D eigenvalue weighted by Crippen LogP contribution is 2.16. The average molecular weight is 382 g/mol. The van der Waals surface area contributed by atoms with Crippen LogP contribution in [0.2, 0.25) is 0 Å². The van der Waals surface area contributed by atoms with Gasteiger partial charge in [-0.3, -0.25) is 9.59 Å². The van der Waals surface area contributed by atoms with E-state index < -0.39 is 0 Å². The minimum absolute atomic E-state index is 0.0769. The Labute approximate surface area is 165 Å². The lowest BCUT2D eigenvalue weighted by molar-refractivity contribution is -0.118. The summed E-state index contributed by atoms with van der Waals surface area (Å²) in [6.45, 7) is 5.18. The van der Waals surface area contributed by atoms with Crippen LogP contribution >= 0.6 is 0 Å². The standard InChI is InChI=1S/C22H26N2O4/c1-15-10-16(2)12-20(11-15)28-14-21(25)24-18-7-5-17(6-8-18)22(26)23-13-19-4-3-9-27-19/h5-8,10-12,19H,3-4,9,13-14H2,1-2H3,(H,23,26)(H,24,25)/t19-/m1/s1. The highest BCUT2D eigenvalue weighted by atomic mass is 16.5. The van der Waals surface area contributed by atoms with Crippen LogP contribution in [-0.2, 0) is 9.53 Å². The number of carbonyl (C=O) groups excluding carboxylic acids is 2. The van der Waals surface area contributed by atoms with Gasteiger partial charge in [0.2, 0.25) is 0 Å². The molecule has 1 aliphatic heterocycles. The lowest BCUT2D eigenvalue weighted by Gasteiger charge is -2.11. The van der Waals surface area contributed by atoms with E-state index in [1.54, 1.807) is 24.3 Å². The first kappa shape index (κ1) is 19.9. The molecule has 0 aliphatic carbocycles. The summed E-state index contributed by atoms with van der Waals surface area (Å²) in [5.41, 5.74) is 3.33. The molecule has 0 bridgehead atoms. The molecule has 3 rings (SSSR count). The van der Waals surface area contributed by atoms with Gasteiger partial charge in [-0.2, -0.15) is 0 Å². The molecule has 1 saturated heterocycles. The molecule has 2 N–H and O–H groups in total. The molecule has 148 valence electrons. The number of hydrogen-bond acceptors (Lipinski definition) is 4. The molecule has 1 heterocycles. The topological polar surface area (TPSA) is 76.7 Å². The Morgan fingerprint density at radius 3 is 2.46 bits per heavy atom. The first-order valence-corrected chi connectivity index (χ1v) is 9.50. The molecule has 6 heteroatoms. The van der Waals surface area contributed by atoms with Crippen molar-refractivity contribution in [2.24, 2.45) is 0 Å². The molecule has 2 amide bonds. The van der Waals surface area contributed by atoms with Crippen molar-refractivity contribution in [2.45, 2.75) is 32.8 Å². The van der Waals surface area contributed by atoms with Crippen molar-refractivity contribution < 1.29 is 19.1 Å². The highest BCUT2D eigenvalue weighted by molar-refractivity contribution is 5.96. The van der Waals surface area contributed by atoms with Crippen molar-refractivity contribution >= 4 is 17.5 Å². The predicted octanol–water partition coefficient (Wildman–Crippen LogP) is 3.23. The summed E-state index contributed by atoms with van der Waals surface area (Å²) in [6.07, 6.45) is 2.14. The van der Waals surface area contributed by atoms with Gasteiger partial charge < -0.3 is 20.1 Å². The number of ether oxygens (including phenoxy) is 2. The Morgan fingerprint density at radius 1 is 1.11 bits per heavy atom. The maximum Gasteiger partial charge on any atom is 0.262 e. The van der Waals surface area contributed by atoms with E-state index in [0.29, 0.717) is 23.5 Å². The summed E-state index contributed by atoms with van der Waals surface area (Å²) in [5.74, 6) is 0.271. The molecule has 0 saturated carbocycles. The third-order valence-electron chi connectivity index (χ3n) is 4.51. The van der Waals surface area contributed by atoms with Gasteiger partial charge in [0, 0.05) is 24.4 Å². The third-order valence-corrected chi connectivity index (χ3v) is 4.51. The van der Waals surface area contributed by atoms with Crippen molar-refractivity contribution in [3.8, 4) is 5.75 Å². The zero-order valence-electron chi connectivity index (χ0n) is 16.3. The van der Waals surface area contributed by atoms with Gasteiger partial charge in [0.25, 0.3) is 11.8 Å². The fraction of sp³-hybridized carbons (Fsp3) is 0.364. The Morgan fingerprint density at radius 2 is 1.82 bits per heavy atom. The van der Waals surface area contributed by atoms with Gasteiger partial charge in [-0.1, -0.05) is 6.07 Å². The molecule has 0 radical (unpaired) electrons. The van der Waals surface area contributed by atoms with E-state index in [1.165, 1.54) is 0 Å². The largest absolute Gasteiger partial charge is 0.484 e. The van der Waals surface area contributed by atoms with Crippen LogP contribution < -0.4 is 15.4 Å². The molecule has 2 aromatic rings. The molecule has 1 atom stereocenters. The normalized spacial score (nSPS) is 15.9. The summed E-state index contributed by atoms with van der Waals surface area (Å²) in [7, 11) is 0. The number of carbonyl (C=O) groups is 2. The van der Waals surface area contributed by atoms with E-state index in [-0.39, 0.29) is 24.5 Å². The monoisotopic (exact) mass is 382 g/mol. The van der Waals surface area contributed by atoms with E-state index in [2.05, 4.69) is 10.6 Å². The lowest BCUT2D eigenvalue weighted by Crippen LogP contribution is -2.31. The zero-order chi connectivity index (χ0) is 19.9. The molecule has 2 aromatic carbocycles. The molecule has 0 unspecified atom stereocenters. The summed E-state index contributed by atoms with van der Waals surface area (Å²) in [6, 6.07) is 12.6. The van der Waals surface area contributed by atoms with Crippen LogP contribution in [-0.4, -0.2) is 37.7 Å². The van der Waals surface area contributed by atoms with Crippen molar-refractivity contribution in [2.75, 3.05) is 25.1 Å². The van der Waals surface area contributed by atoms with Crippen molar-refractivity contribution in [1.29, 1.82) is 0 Å². The molecule has 28 heavy (non-hydrogen) atoms. The number of hydrogen-bond donors (Lipinski definition) is 2. The number of rotatable bonds is 7. The lowest BCUT2D eigenvalue weighted by atomic mass is 10.1. The Bertz CT molecular complexity index is 807. The molecule has 6 nitrogen and oxygen atoms in total. The number of nitrogens with one attached hydrogen (secondary N) is 2. The second-order valence-corrected chi connectivity index (χ2v) is 7.08. The maximum absolute atomic E-state index is 12.2. The maximum atomic E-state index is 12.2. The van der Waals surface area contributed by atoms with Gasteiger partial charge in [0.15, 0.2) is 6.61 Å². The van der Waals surface area contributed by atoms with Crippen LogP contribution in [0.4, 0.5) is 5.69 Å². The van der Waals surface area contributed by atoms with E-state index in [0.717, 1.165) is 30.6 Å². The first-order chi connectivity index (χ1) is 13.5. The van der Waals surface area contributed by atoms with Crippen LogP contribution in [0, 0.1) is 13.8 Å². The quantitative estimate of drug-likeness (QED) is 0.771. The fourth-order valence-electron chi connectivity index (χ4n) is 3.18. The fourth-order valence-corrected chi connectivity index (χ4v) is 3.18. The molecule has 0 aromatic heterocycles. The summed E-state index contributed by atoms with van der Waals surface area (Å²) < 4.78 is 11.1. The number of amides is 2. The Hall–Kier alpha value is -2.86. The second kappa shape index (κ2) is 9.37. The van der Waals surface area contributed by atoms with Crippen LogP contribution in [0.1, 0.15) is 34.3 Å². The second-order valence-electron chi connectivity index (χ2n) is 7.08. The highest BCUT2D eigenvalue weighted by Gasteiger charge is 2.16. The van der Waals surface area contributed by atoms with Crippen LogP contribution in [0.15, 0.2) is 42.5 Å². The molecular weight excluding hydrogens is 356 g/mol. The van der Waals surface area contributed by atoms with Crippen molar-refractivity contribution in [3.05, 3.63) is 59.2 Å². The predicted molar refractivity (Wildman–Crippen MR) is 108 cm³/mol. The van der Waals surface area contributed by atoms with Crippen LogP contribution in [0.3, 0.4) is 0 Å². The summed E-state index contributed by atoms with van der Waals surface area (Å²) >= 11 is 0. The summed E-state index contributed by atoms with van der Waals surface area (Å²) in [4.78, 5) is 24.3. The van der Waals surface area contributed by atoms with Crippen molar-refractivity contribution in [1.82, 2.24) is 5.32 Å². The Balaban J connectivity index is 1.46. The minimum Gasteiger partial charge on any atom is -0.484 e. The molecule has 0 spiro atoms. The van der Waals surface area contributed by atoms with E-state index in [9.17, 15) is 9.59 Å². The van der Waals surface area contributed by atoms with Crippen LogP contribution in [0.25, 0.3) is 0 Å². The van der Waals surface area contributed by atoms with Gasteiger partial charge in [-0.15, -0.1) is 0 Å². The smallest absolute Gasteiger partial charge is 0.262 e. The third kappa shape index (κ3) is 5.82. The van der Waals surface area contributed by atoms with Gasteiger partial charge >= 0.3 is 0 Å². The van der Waals surface area contributed by atoms with Gasteiger partial charge in [-0.05, 0) is 74.2 Å². The summed E-state index contributed by atoms with van der Waals surface area (Å²) in [5, 5.41) is 5.65. The Kier molecular flexibility index (Phi) is 6.66. The minimum atomic E-state index is -0.255. The SMILES string of the molecule is Cc1cc(C)cc(OCC(=O)Nc2ccc(C(=O)NC[C@H]3CCCO3)cc2)c1.